The maximum Gasteiger partial charge on any atom is 0.0400 e. The van der Waals surface area contributed by atoms with Gasteiger partial charge in [-0.25, -0.2) is 0 Å². The molecule has 0 radical (unpaired) electrons. The van der Waals surface area contributed by atoms with Crippen LogP contribution in [0, 0.1) is 6.92 Å². The van der Waals surface area contributed by atoms with E-state index in [0.717, 1.165) is 25.3 Å². The van der Waals surface area contributed by atoms with Gasteiger partial charge in [-0.1, -0.05) is 0 Å². The van der Waals surface area contributed by atoms with Crippen LogP contribution < -0.4 is 10.2 Å². The summed E-state index contributed by atoms with van der Waals surface area (Å²) in [5.41, 5.74) is 2.58. The molecule has 0 saturated carbocycles. The number of piperazine rings is 1. The normalized spacial score (nSPS) is 20.3. The third kappa shape index (κ3) is 2.48. The van der Waals surface area contributed by atoms with Crippen molar-refractivity contribution in [1.82, 2.24) is 10.3 Å². The maximum atomic E-state index is 4.23. The van der Waals surface area contributed by atoms with Crippen LogP contribution in [0.15, 0.2) is 18.3 Å². The summed E-state index contributed by atoms with van der Waals surface area (Å²) < 4.78 is 0. The first-order valence-corrected chi connectivity index (χ1v) is 5.49. The fourth-order valence-corrected chi connectivity index (χ4v) is 2.09. The Hall–Kier alpha value is -1.09. The molecule has 3 nitrogen and oxygen atoms in total. The molecule has 0 bridgehead atoms. The van der Waals surface area contributed by atoms with Crippen LogP contribution in [-0.4, -0.2) is 30.2 Å². The van der Waals surface area contributed by atoms with E-state index in [1.54, 1.807) is 0 Å². The van der Waals surface area contributed by atoms with Crippen molar-refractivity contribution in [2.75, 3.05) is 24.5 Å². The van der Waals surface area contributed by atoms with Gasteiger partial charge in [-0.05, 0) is 32.9 Å². The molecular formula is C12H19N3. The standard InChI is InChI=1S/C12H19N3/c1-10-8-11(4-5-13-10)15-7-6-14-12(2,3)9-15/h4-5,8,14H,6-7,9H2,1-3H3. The Morgan fingerprint density at radius 1 is 1.47 bits per heavy atom. The number of anilines is 1. The van der Waals surface area contributed by atoms with Crippen LogP contribution in [-0.2, 0) is 0 Å². The molecule has 2 heterocycles. The largest absolute Gasteiger partial charge is 0.368 e. The van der Waals surface area contributed by atoms with Crippen LogP contribution in [0.4, 0.5) is 5.69 Å². The molecule has 2 rings (SSSR count). The highest BCUT2D eigenvalue weighted by atomic mass is 15.2. The Balaban J connectivity index is 2.17. The summed E-state index contributed by atoms with van der Waals surface area (Å²) in [5, 5.41) is 3.52. The van der Waals surface area contributed by atoms with Gasteiger partial charge in [0.1, 0.15) is 0 Å². The topological polar surface area (TPSA) is 28.2 Å². The van der Waals surface area contributed by atoms with Crippen molar-refractivity contribution >= 4 is 5.69 Å². The number of hydrogen-bond acceptors (Lipinski definition) is 3. The van der Waals surface area contributed by atoms with E-state index in [0.29, 0.717) is 0 Å². The van der Waals surface area contributed by atoms with Crippen molar-refractivity contribution in [1.29, 1.82) is 0 Å². The molecule has 3 heteroatoms. The molecule has 0 unspecified atom stereocenters. The van der Waals surface area contributed by atoms with Crippen molar-refractivity contribution in [2.24, 2.45) is 0 Å². The quantitative estimate of drug-likeness (QED) is 0.754. The number of hydrogen-bond donors (Lipinski definition) is 1. The zero-order chi connectivity index (χ0) is 10.9. The van der Waals surface area contributed by atoms with Crippen molar-refractivity contribution in [3.8, 4) is 0 Å². The maximum absolute atomic E-state index is 4.23. The Bertz CT molecular complexity index is 346. The first-order chi connectivity index (χ1) is 7.07. The van der Waals surface area contributed by atoms with Crippen molar-refractivity contribution in [2.45, 2.75) is 26.3 Å². The minimum absolute atomic E-state index is 0.204. The second kappa shape index (κ2) is 3.81. The van der Waals surface area contributed by atoms with Crippen LogP contribution in [0.1, 0.15) is 19.5 Å². The average Bonchev–Trinajstić information content (AvgIpc) is 2.16. The van der Waals surface area contributed by atoms with E-state index in [1.165, 1.54) is 5.69 Å². The van der Waals surface area contributed by atoms with Gasteiger partial charge in [-0.3, -0.25) is 4.98 Å². The molecule has 1 aliphatic heterocycles. The van der Waals surface area contributed by atoms with Gasteiger partial charge >= 0.3 is 0 Å². The monoisotopic (exact) mass is 205 g/mol. The Kier molecular flexibility index (Phi) is 2.65. The summed E-state index contributed by atoms with van der Waals surface area (Å²) in [7, 11) is 0. The number of aryl methyl sites for hydroxylation is 1. The summed E-state index contributed by atoms with van der Waals surface area (Å²) in [5.74, 6) is 0. The highest BCUT2D eigenvalue weighted by Gasteiger charge is 2.25. The second-order valence-electron chi connectivity index (χ2n) is 4.89. The van der Waals surface area contributed by atoms with Gasteiger partial charge in [0, 0.05) is 42.8 Å². The highest BCUT2D eigenvalue weighted by Crippen LogP contribution is 2.19. The minimum Gasteiger partial charge on any atom is -0.368 e. The fraction of sp³-hybridized carbons (Fsp3) is 0.583. The molecular weight excluding hydrogens is 186 g/mol. The molecule has 1 aromatic heterocycles. The van der Waals surface area contributed by atoms with E-state index in [2.05, 4.69) is 41.2 Å². The van der Waals surface area contributed by atoms with E-state index in [-0.39, 0.29) is 5.54 Å². The van der Waals surface area contributed by atoms with Gasteiger partial charge in [0.25, 0.3) is 0 Å². The van der Waals surface area contributed by atoms with Gasteiger partial charge in [-0.15, -0.1) is 0 Å². The summed E-state index contributed by atoms with van der Waals surface area (Å²) in [6.07, 6.45) is 1.89. The molecule has 0 aliphatic carbocycles. The molecule has 0 amide bonds. The fourth-order valence-electron chi connectivity index (χ4n) is 2.09. The molecule has 1 fully saturated rings. The first-order valence-electron chi connectivity index (χ1n) is 5.49. The smallest absolute Gasteiger partial charge is 0.0400 e. The molecule has 0 atom stereocenters. The molecule has 1 N–H and O–H groups in total. The lowest BCUT2D eigenvalue weighted by atomic mass is 10.0. The van der Waals surface area contributed by atoms with Crippen LogP contribution in [0.5, 0.6) is 0 Å². The molecule has 1 aliphatic rings. The first kappa shape index (κ1) is 10.4. The van der Waals surface area contributed by atoms with Crippen molar-refractivity contribution in [3.63, 3.8) is 0 Å². The lowest BCUT2D eigenvalue weighted by molar-refractivity contribution is 0.353. The van der Waals surface area contributed by atoms with Crippen LogP contribution in [0.3, 0.4) is 0 Å². The van der Waals surface area contributed by atoms with Crippen molar-refractivity contribution in [3.05, 3.63) is 24.0 Å². The van der Waals surface area contributed by atoms with Crippen LogP contribution in [0.25, 0.3) is 0 Å². The predicted molar refractivity (Wildman–Crippen MR) is 63.3 cm³/mol. The molecule has 1 aromatic rings. The lowest BCUT2D eigenvalue weighted by Crippen LogP contribution is -2.57. The summed E-state index contributed by atoms with van der Waals surface area (Å²) in [4.78, 5) is 6.65. The van der Waals surface area contributed by atoms with E-state index in [4.69, 9.17) is 0 Å². The number of nitrogens with one attached hydrogen (secondary N) is 1. The van der Waals surface area contributed by atoms with E-state index in [1.807, 2.05) is 13.1 Å². The molecule has 0 spiro atoms. The SMILES string of the molecule is Cc1cc(N2CCNC(C)(C)C2)ccn1. The Morgan fingerprint density at radius 3 is 2.93 bits per heavy atom. The third-order valence-electron chi connectivity index (χ3n) is 2.82. The van der Waals surface area contributed by atoms with E-state index < -0.39 is 0 Å². The van der Waals surface area contributed by atoms with Gasteiger partial charge in [-0.2, -0.15) is 0 Å². The number of pyridine rings is 1. The van der Waals surface area contributed by atoms with E-state index in [9.17, 15) is 0 Å². The van der Waals surface area contributed by atoms with Gasteiger partial charge in [0.05, 0.1) is 0 Å². The summed E-state index contributed by atoms with van der Waals surface area (Å²) in [6.45, 7) is 9.70. The highest BCUT2D eigenvalue weighted by molar-refractivity contribution is 5.47. The Labute approximate surface area is 91.5 Å². The predicted octanol–water partition coefficient (Wildman–Crippen LogP) is 1.58. The lowest BCUT2D eigenvalue weighted by Gasteiger charge is -2.40. The molecule has 82 valence electrons. The molecule has 15 heavy (non-hydrogen) atoms. The van der Waals surface area contributed by atoms with Gasteiger partial charge in [0.15, 0.2) is 0 Å². The minimum atomic E-state index is 0.204. The zero-order valence-corrected chi connectivity index (χ0v) is 9.75. The Morgan fingerprint density at radius 2 is 2.27 bits per heavy atom. The van der Waals surface area contributed by atoms with Crippen molar-refractivity contribution < 1.29 is 0 Å². The van der Waals surface area contributed by atoms with Gasteiger partial charge < -0.3 is 10.2 Å². The van der Waals surface area contributed by atoms with Crippen LogP contribution in [0.2, 0.25) is 0 Å². The number of rotatable bonds is 1. The molecule has 1 saturated heterocycles. The van der Waals surface area contributed by atoms with Gasteiger partial charge in [0.2, 0.25) is 0 Å². The van der Waals surface area contributed by atoms with E-state index >= 15 is 0 Å². The second-order valence-corrected chi connectivity index (χ2v) is 4.89. The zero-order valence-electron chi connectivity index (χ0n) is 9.75. The summed E-state index contributed by atoms with van der Waals surface area (Å²) in [6, 6.07) is 4.25. The molecule has 0 aromatic carbocycles. The number of nitrogens with zero attached hydrogens (tertiary/aromatic N) is 2. The average molecular weight is 205 g/mol. The third-order valence-corrected chi connectivity index (χ3v) is 2.82. The van der Waals surface area contributed by atoms with Crippen LogP contribution >= 0.6 is 0 Å². The number of aromatic nitrogens is 1. The summed E-state index contributed by atoms with van der Waals surface area (Å²) >= 11 is 0.